The minimum atomic E-state index is -0.524. The maximum Gasteiger partial charge on any atom is 0.115 e. The van der Waals surface area contributed by atoms with Gasteiger partial charge < -0.3 is 5.11 Å². The van der Waals surface area contributed by atoms with Crippen LogP contribution in [0.25, 0.3) is 0 Å². The molecule has 0 saturated carbocycles. The van der Waals surface area contributed by atoms with Crippen LogP contribution in [0.5, 0.6) is 0 Å². The van der Waals surface area contributed by atoms with Crippen molar-refractivity contribution >= 4 is 11.6 Å². The first kappa shape index (κ1) is 9.81. The van der Waals surface area contributed by atoms with Crippen LogP contribution >= 0.6 is 11.6 Å². The van der Waals surface area contributed by atoms with E-state index in [2.05, 4.69) is 18.8 Å². The van der Waals surface area contributed by atoms with E-state index in [-0.39, 0.29) is 0 Å². The van der Waals surface area contributed by atoms with Crippen molar-refractivity contribution in [3.8, 4) is 11.8 Å². The maximum absolute atomic E-state index is 9.02. The van der Waals surface area contributed by atoms with Gasteiger partial charge in [0.15, 0.2) is 0 Å². The molecule has 0 aromatic heterocycles. The van der Waals surface area contributed by atoms with Crippen LogP contribution in [0.2, 0.25) is 0 Å². The van der Waals surface area contributed by atoms with Gasteiger partial charge in [0.05, 0.1) is 0 Å². The van der Waals surface area contributed by atoms with Gasteiger partial charge in [-0.15, -0.1) is 17.5 Å². The minimum Gasteiger partial charge on any atom is -0.380 e. The first-order chi connectivity index (χ1) is 4.81. The van der Waals surface area contributed by atoms with Gasteiger partial charge in [0.1, 0.15) is 6.10 Å². The summed E-state index contributed by atoms with van der Waals surface area (Å²) in [6.45, 7) is 2.06. The third kappa shape index (κ3) is 5.94. The summed E-state index contributed by atoms with van der Waals surface area (Å²) >= 11 is 5.38. The lowest BCUT2D eigenvalue weighted by Gasteiger charge is -1.95. The fourth-order valence-corrected chi connectivity index (χ4v) is 0.697. The number of unbranched alkanes of at least 4 members (excludes halogenated alkanes) is 1. The average molecular weight is 161 g/mol. The molecule has 0 fully saturated rings. The van der Waals surface area contributed by atoms with Crippen molar-refractivity contribution in [1.82, 2.24) is 0 Å². The highest BCUT2D eigenvalue weighted by molar-refractivity contribution is 6.17. The molecule has 0 aliphatic heterocycles. The molecular weight excluding hydrogens is 148 g/mol. The molecule has 0 spiro atoms. The number of aliphatic hydroxyl groups is 1. The van der Waals surface area contributed by atoms with Gasteiger partial charge >= 0.3 is 0 Å². The van der Waals surface area contributed by atoms with Crippen LogP contribution in [-0.4, -0.2) is 17.1 Å². The van der Waals surface area contributed by atoms with Crippen molar-refractivity contribution in [3.63, 3.8) is 0 Å². The van der Waals surface area contributed by atoms with E-state index in [1.807, 2.05) is 0 Å². The fourth-order valence-electron chi connectivity index (χ4n) is 0.490. The van der Waals surface area contributed by atoms with Crippen molar-refractivity contribution in [2.75, 3.05) is 5.88 Å². The fraction of sp³-hybridized carbons (Fsp3) is 0.750. The van der Waals surface area contributed by atoms with Crippen LogP contribution in [0.15, 0.2) is 0 Å². The van der Waals surface area contributed by atoms with E-state index in [9.17, 15) is 0 Å². The van der Waals surface area contributed by atoms with E-state index in [0.717, 1.165) is 12.8 Å². The molecule has 0 aromatic rings. The van der Waals surface area contributed by atoms with Crippen molar-refractivity contribution in [2.45, 2.75) is 32.3 Å². The highest BCUT2D eigenvalue weighted by atomic mass is 35.5. The van der Waals surface area contributed by atoms with Crippen molar-refractivity contribution in [3.05, 3.63) is 0 Å². The highest BCUT2D eigenvalue weighted by Gasteiger charge is 1.94. The van der Waals surface area contributed by atoms with Gasteiger partial charge in [-0.05, 0) is 12.8 Å². The lowest BCUT2D eigenvalue weighted by Crippen LogP contribution is -2.02. The second-order valence-corrected chi connectivity index (χ2v) is 2.44. The van der Waals surface area contributed by atoms with Crippen LogP contribution in [0.1, 0.15) is 26.2 Å². The summed E-state index contributed by atoms with van der Waals surface area (Å²) in [6.07, 6.45) is 1.95. The zero-order valence-electron chi connectivity index (χ0n) is 6.23. The molecule has 0 aliphatic carbocycles. The summed E-state index contributed by atoms with van der Waals surface area (Å²) < 4.78 is 0. The third-order valence-electron chi connectivity index (χ3n) is 1.03. The Bertz CT molecular complexity index is 123. The Morgan fingerprint density at radius 2 is 2.30 bits per heavy atom. The molecule has 58 valence electrons. The molecule has 2 heteroatoms. The van der Waals surface area contributed by atoms with Crippen molar-refractivity contribution in [1.29, 1.82) is 0 Å². The first-order valence-corrected chi connectivity index (χ1v) is 4.07. The Kier molecular flexibility index (Phi) is 6.79. The van der Waals surface area contributed by atoms with Crippen LogP contribution in [0, 0.1) is 11.8 Å². The van der Waals surface area contributed by atoms with Gasteiger partial charge in [-0.25, -0.2) is 0 Å². The predicted octanol–water partition coefficient (Wildman–Crippen LogP) is 1.78. The highest BCUT2D eigenvalue weighted by Crippen LogP contribution is 1.92. The Balaban J connectivity index is 3.37. The number of hydrogen-bond acceptors (Lipinski definition) is 1. The van der Waals surface area contributed by atoms with E-state index in [0.29, 0.717) is 12.3 Å². The largest absolute Gasteiger partial charge is 0.380 e. The molecule has 1 nitrogen and oxygen atoms in total. The molecule has 1 atom stereocenters. The molecular formula is C8H13ClO. The summed E-state index contributed by atoms with van der Waals surface area (Å²) in [6, 6.07) is 0. The smallest absolute Gasteiger partial charge is 0.115 e. The van der Waals surface area contributed by atoms with E-state index >= 15 is 0 Å². The molecule has 0 rings (SSSR count). The lowest BCUT2D eigenvalue weighted by atomic mass is 10.2. The van der Waals surface area contributed by atoms with Gasteiger partial charge in [-0.1, -0.05) is 12.8 Å². The SMILES string of the molecule is CCCC#CC(O)CCCl. The molecule has 1 unspecified atom stereocenters. The van der Waals surface area contributed by atoms with Gasteiger partial charge in [-0.3, -0.25) is 0 Å². The number of aliphatic hydroxyl groups excluding tert-OH is 1. The Morgan fingerprint density at radius 1 is 1.60 bits per heavy atom. The third-order valence-corrected chi connectivity index (χ3v) is 1.24. The van der Waals surface area contributed by atoms with Crippen LogP contribution < -0.4 is 0 Å². The summed E-state index contributed by atoms with van der Waals surface area (Å²) in [4.78, 5) is 0. The summed E-state index contributed by atoms with van der Waals surface area (Å²) in [5.74, 6) is 6.04. The zero-order chi connectivity index (χ0) is 7.82. The van der Waals surface area contributed by atoms with Crippen molar-refractivity contribution < 1.29 is 5.11 Å². The molecule has 1 N–H and O–H groups in total. The molecule has 0 bridgehead atoms. The Morgan fingerprint density at radius 3 is 2.80 bits per heavy atom. The molecule has 0 radical (unpaired) electrons. The van der Waals surface area contributed by atoms with E-state index in [1.165, 1.54) is 0 Å². The van der Waals surface area contributed by atoms with Crippen LogP contribution in [-0.2, 0) is 0 Å². The van der Waals surface area contributed by atoms with Gasteiger partial charge in [0.25, 0.3) is 0 Å². The topological polar surface area (TPSA) is 20.2 Å². The van der Waals surface area contributed by atoms with E-state index in [4.69, 9.17) is 16.7 Å². The number of halogens is 1. The van der Waals surface area contributed by atoms with E-state index < -0.39 is 6.10 Å². The lowest BCUT2D eigenvalue weighted by molar-refractivity contribution is 0.229. The number of hydrogen-bond donors (Lipinski definition) is 1. The molecule has 0 heterocycles. The van der Waals surface area contributed by atoms with Crippen LogP contribution in [0.3, 0.4) is 0 Å². The first-order valence-electron chi connectivity index (χ1n) is 3.53. The second-order valence-electron chi connectivity index (χ2n) is 2.06. The summed E-state index contributed by atoms with van der Waals surface area (Å²) in [7, 11) is 0. The molecule has 0 aromatic carbocycles. The zero-order valence-corrected chi connectivity index (χ0v) is 6.99. The molecule has 10 heavy (non-hydrogen) atoms. The summed E-state index contributed by atoms with van der Waals surface area (Å²) in [5, 5.41) is 9.02. The number of rotatable bonds is 3. The normalized spacial score (nSPS) is 11.9. The molecule has 0 saturated heterocycles. The standard InChI is InChI=1S/C8H13ClO/c1-2-3-4-5-8(10)6-7-9/h8,10H,2-3,6-7H2,1H3. The van der Waals surface area contributed by atoms with Gasteiger partial charge in [0, 0.05) is 12.3 Å². The van der Waals surface area contributed by atoms with Crippen molar-refractivity contribution in [2.24, 2.45) is 0 Å². The Hall–Kier alpha value is -0.190. The van der Waals surface area contributed by atoms with E-state index in [1.54, 1.807) is 0 Å². The quantitative estimate of drug-likeness (QED) is 0.493. The Labute approximate surface area is 67.4 Å². The van der Waals surface area contributed by atoms with Gasteiger partial charge in [0.2, 0.25) is 0 Å². The monoisotopic (exact) mass is 160 g/mol. The number of alkyl halides is 1. The average Bonchev–Trinajstić information content (AvgIpc) is 1.89. The maximum atomic E-state index is 9.02. The second kappa shape index (κ2) is 6.92. The molecule has 0 aliphatic rings. The molecule has 0 amide bonds. The minimum absolute atomic E-state index is 0.474. The predicted molar refractivity (Wildman–Crippen MR) is 44.0 cm³/mol. The van der Waals surface area contributed by atoms with Gasteiger partial charge in [-0.2, -0.15) is 0 Å². The summed E-state index contributed by atoms with van der Waals surface area (Å²) in [5.41, 5.74) is 0. The van der Waals surface area contributed by atoms with Crippen LogP contribution in [0.4, 0.5) is 0 Å².